The Labute approximate surface area is 101 Å². The molecule has 1 aliphatic heterocycles. The highest BCUT2D eigenvalue weighted by Gasteiger charge is 2.33. The molecule has 0 aliphatic carbocycles. The van der Waals surface area contributed by atoms with Crippen LogP contribution in [-0.4, -0.2) is 45.4 Å². The van der Waals surface area contributed by atoms with E-state index < -0.39 is 0 Å². The van der Waals surface area contributed by atoms with Crippen molar-refractivity contribution < 1.29 is 4.79 Å². The van der Waals surface area contributed by atoms with Crippen LogP contribution < -0.4 is 5.32 Å². The maximum absolute atomic E-state index is 12.3. The van der Waals surface area contributed by atoms with Gasteiger partial charge >= 0.3 is 0 Å². The Morgan fingerprint density at radius 1 is 1.53 bits per heavy atom. The molecule has 1 aliphatic rings. The molecule has 0 saturated carbocycles. The number of rotatable bonds is 1. The summed E-state index contributed by atoms with van der Waals surface area (Å²) in [5.74, 6) is -0.0415. The van der Waals surface area contributed by atoms with Crippen molar-refractivity contribution in [1.82, 2.24) is 20.2 Å². The highest BCUT2D eigenvalue weighted by molar-refractivity contribution is 5.92. The second-order valence-electron chi connectivity index (χ2n) is 5.14. The van der Waals surface area contributed by atoms with E-state index in [0.717, 1.165) is 6.54 Å². The van der Waals surface area contributed by atoms with Crippen LogP contribution in [0.1, 0.15) is 31.3 Å². The fraction of sp³-hybridized carbons (Fsp3) is 0.583. The number of aromatic nitrogens is 2. The number of carbonyl (C=O) groups excluding carboxylic acids is 1. The monoisotopic (exact) mass is 234 g/mol. The van der Waals surface area contributed by atoms with Gasteiger partial charge in [0.1, 0.15) is 5.69 Å². The van der Waals surface area contributed by atoms with Crippen LogP contribution in [0.25, 0.3) is 0 Å². The number of hydrogen-bond donors (Lipinski definition) is 1. The molecule has 1 unspecified atom stereocenters. The van der Waals surface area contributed by atoms with Gasteiger partial charge < -0.3 is 10.2 Å². The molecule has 0 radical (unpaired) electrons. The molecule has 2 heterocycles. The van der Waals surface area contributed by atoms with Crippen molar-refractivity contribution in [3.63, 3.8) is 0 Å². The SMILES string of the molecule is CC1CNC(C)(C)CN1C(=O)c1cnccn1. The Morgan fingerprint density at radius 3 is 2.94 bits per heavy atom. The molecular formula is C12H18N4O. The van der Waals surface area contributed by atoms with Gasteiger partial charge in [0.2, 0.25) is 0 Å². The number of nitrogens with zero attached hydrogens (tertiary/aromatic N) is 3. The van der Waals surface area contributed by atoms with Gasteiger partial charge in [0.15, 0.2) is 0 Å². The van der Waals surface area contributed by atoms with Gasteiger partial charge in [-0.15, -0.1) is 0 Å². The topological polar surface area (TPSA) is 58.1 Å². The minimum absolute atomic E-state index is 0.0415. The summed E-state index contributed by atoms with van der Waals surface area (Å²) in [6, 6.07) is 0.178. The lowest BCUT2D eigenvalue weighted by molar-refractivity contribution is 0.0527. The van der Waals surface area contributed by atoms with E-state index in [1.165, 1.54) is 6.20 Å². The molecular weight excluding hydrogens is 216 g/mol. The highest BCUT2D eigenvalue weighted by atomic mass is 16.2. The summed E-state index contributed by atoms with van der Waals surface area (Å²) in [4.78, 5) is 22.2. The third-order valence-electron chi connectivity index (χ3n) is 3.02. The van der Waals surface area contributed by atoms with Crippen molar-refractivity contribution in [2.24, 2.45) is 0 Å². The number of carbonyl (C=O) groups is 1. The first-order valence-electron chi connectivity index (χ1n) is 5.82. The van der Waals surface area contributed by atoms with E-state index in [2.05, 4.69) is 29.1 Å². The second-order valence-corrected chi connectivity index (χ2v) is 5.14. The lowest BCUT2D eigenvalue weighted by Crippen LogP contribution is -2.62. The van der Waals surface area contributed by atoms with Crippen LogP contribution in [0.2, 0.25) is 0 Å². The third-order valence-corrected chi connectivity index (χ3v) is 3.02. The summed E-state index contributed by atoms with van der Waals surface area (Å²) in [6.45, 7) is 7.71. The van der Waals surface area contributed by atoms with Gasteiger partial charge in [-0.25, -0.2) is 4.98 Å². The van der Waals surface area contributed by atoms with Crippen LogP contribution in [0.15, 0.2) is 18.6 Å². The van der Waals surface area contributed by atoms with Crippen LogP contribution in [0.5, 0.6) is 0 Å². The molecule has 1 N–H and O–H groups in total. The quantitative estimate of drug-likeness (QED) is 0.776. The molecule has 2 rings (SSSR count). The molecule has 5 heteroatoms. The Morgan fingerprint density at radius 2 is 2.29 bits per heavy atom. The third kappa shape index (κ3) is 2.61. The van der Waals surface area contributed by atoms with Gasteiger partial charge in [-0.3, -0.25) is 9.78 Å². The lowest BCUT2D eigenvalue weighted by atomic mass is 9.99. The summed E-state index contributed by atoms with van der Waals surface area (Å²) < 4.78 is 0. The fourth-order valence-electron chi connectivity index (χ4n) is 2.00. The number of piperazine rings is 1. The van der Waals surface area contributed by atoms with E-state index in [4.69, 9.17) is 0 Å². The van der Waals surface area contributed by atoms with Crippen molar-refractivity contribution in [2.75, 3.05) is 13.1 Å². The minimum Gasteiger partial charge on any atom is -0.331 e. The van der Waals surface area contributed by atoms with Gasteiger partial charge in [0.05, 0.1) is 6.20 Å². The lowest BCUT2D eigenvalue weighted by Gasteiger charge is -2.43. The van der Waals surface area contributed by atoms with Crippen LogP contribution in [-0.2, 0) is 0 Å². The van der Waals surface area contributed by atoms with Crippen molar-refractivity contribution in [1.29, 1.82) is 0 Å². The summed E-state index contributed by atoms with van der Waals surface area (Å²) in [7, 11) is 0. The summed E-state index contributed by atoms with van der Waals surface area (Å²) in [5, 5.41) is 3.41. The van der Waals surface area contributed by atoms with E-state index in [9.17, 15) is 4.79 Å². The summed E-state index contributed by atoms with van der Waals surface area (Å²) >= 11 is 0. The number of amides is 1. The zero-order valence-electron chi connectivity index (χ0n) is 10.5. The van der Waals surface area contributed by atoms with Crippen LogP contribution >= 0.6 is 0 Å². The Hall–Kier alpha value is -1.49. The Balaban J connectivity index is 2.18. The van der Waals surface area contributed by atoms with E-state index >= 15 is 0 Å². The maximum atomic E-state index is 12.3. The van der Waals surface area contributed by atoms with Crippen LogP contribution in [0, 0.1) is 0 Å². The Bertz CT molecular complexity index is 404. The van der Waals surface area contributed by atoms with Crippen LogP contribution in [0.4, 0.5) is 0 Å². The average molecular weight is 234 g/mol. The molecule has 92 valence electrons. The zero-order chi connectivity index (χ0) is 12.5. The van der Waals surface area contributed by atoms with Gasteiger partial charge in [0.25, 0.3) is 5.91 Å². The van der Waals surface area contributed by atoms with Gasteiger partial charge in [-0.1, -0.05) is 0 Å². The number of hydrogen-bond acceptors (Lipinski definition) is 4. The standard InChI is InChI=1S/C12H18N4O/c1-9-6-15-12(2,3)8-16(9)11(17)10-7-13-4-5-14-10/h4-5,7,9,15H,6,8H2,1-3H3. The van der Waals surface area contributed by atoms with E-state index in [-0.39, 0.29) is 17.5 Å². The molecule has 0 aromatic carbocycles. The predicted molar refractivity (Wildman–Crippen MR) is 64.6 cm³/mol. The zero-order valence-corrected chi connectivity index (χ0v) is 10.5. The molecule has 1 aromatic rings. The van der Waals surface area contributed by atoms with Gasteiger partial charge in [0, 0.05) is 37.1 Å². The molecule has 0 spiro atoms. The largest absolute Gasteiger partial charge is 0.331 e. The van der Waals surface area contributed by atoms with E-state index in [0.29, 0.717) is 12.2 Å². The predicted octanol–water partition coefficient (Wildman–Crippen LogP) is 0.689. The summed E-state index contributed by atoms with van der Waals surface area (Å²) in [6.07, 6.45) is 4.64. The fourth-order valence-corrected chi connectivity index (χ4v) is 2.00. The first-order valence-corrected chi connectivity index (χ1v) is 5.82. The average Bonchev–Trinajstić information content (AvgIpc) is 2.33. The Kier molecular flexibility index (Phi) is 3.11. The highest BCUT2D eigenvalue weighted by Crippen LogP contribution is 2.16. The molecule has 1 amide bonds. The molecule has 1 aromatic heterocycles. The first-order chi connectivity index (χ1) is 7.99. The first kappa shape index (κ1) is 12.0. The smallest absolute Gasteiger partial charge is 0.274 e. The molecule has 5 nitrogen and oxygen atoms in total. The van der Waals surface area contributed by atoms with Gasteiger partial charge in [-0.05, 0) is 20.8 Å². The molecule has 1 atom stereocenters. The maximum Gasteiger partial charge on any atom is 0.274 e. The van der Waals surface area contributed by atoms with Crippen molar-refractivity contribution >= 4 is 5.91 Å². The summed E-state index contributed by atoms with van der Waals surface area (Å²) in [5.41, 5.74) is 0.363. The van der Waals surface area contributed by atoms with Crippen molar-refractivity contribution in [3.05, 3.63) is 24.3 Å². The van der Waals surface area contributed by atoms with Crippen molar-refractivity contribution in [2.45, 2.75) is 32.4 Å². The number of nitrogens with one attached hydrogen (secondary N) is 1. The van der Waals surface area contributed by atoms with E-state index in [1.54, 1.807) is 12.4 Å². The van der Waals surface area contributed by atoms with E-state index in [1.807, 2.05) is 11.8 Å². The normalized spacial score (nSPS) is 23.5. The molecule has 1 saturated heterocycles. The van der Waals surface area contributed by atoms with Crippen LogP contribution in [0.3, 0.4) is 0 Å². The molecule has 17 heavy (non-hydrogen) atoms. The second kappa shape index (κ2) is 4.41. The van der Waals surface area contributed by atoms with Crippen molar-refractivity contribution in [3.8, 4) is 0 Å². The van der Waals surface area contributed by atoms with Gasteiger partial charge in [-0.2, -0.15) is 0 Å². The molecule has 0 bridgehead atoms. The minimum atomic E-state index is -0.0512. The molecule has 1 fully saturated rings.